The predicted molar refractivity (Wildman–Crippen MR) is 80.3 cm³/mol. The van der Waals surface area contributed by atoms with Crippen LogP contribution in [0.1, 0.15) is 33.5 Å². The van der Waals surface area contributed by atoms with Crippen molar-refractivity contribution in [1.82, 2.24) is 15.1 Å². The van der Waals surface area contributed by atoms with Gasteiger partial charge in [0.15, 0.2) is 0 Å². The van der Waals surface area contributed by atoms with E-state index >= 15 is 0 Å². The normalized spacial score (nSPS) is 11.3. The molecule has 0 saturated heterocycles. The van der Waals surface area contributed by atoms with E-state index in [-0.39, 0.29) is 6.61 Å². The lowest BCUT2D eigenvalue weighted by Gasteiger charge is -2.21. The Morgan fingerprint density at radius 2 is 1.85 bits per heavy atom. The van der Waals surface area contributed by atoms with Crippen molar-refractivity contribution < 1.29 is 5.11 Å². The van der Waals surface area contributed by atoms with Gasteiger partial charge in [-0.05, 0) is 61.7 Å². The molecular formula is C16H23N3O. The van der Waals surface area contributed by atoms with Crippen LogP contribution in [0.4, 0.5) is 0 Å². The van der Waals surface area contributed by atoms with E-state index in [0.29, 0.717) is 0 Å². The molecule has 0 aliphatic heterocycles. The molecule has 2 aromatic rings. The van der Waals surface area contributed by atoms with Crippen LogP contribution >= 0.6 is 0 Å². The van der Waals surface area contributed by atoms with Gasteiger partial charge in [0, 0.05) is 25.0 Å². The molecule has 2 rings (SSSR count). The van der Waals surface area contributed by atoms with Gasteiger partial charge in [0.05, 0.1) is 6.61 Å². The first-order chi connectivity index (χ1) is 9.52. The van der Waals surface area contributed by atoms with Crippen molar-refractivity contribution in [1.29, 1.82) is 0 Å². The zero-order chi connectivity index (χ0) is 14.7. The van der Waals surface area contributed by atoms with Gasteiger partial charge in [0.2, 0.25) is 0 Å². The molecule has 20 heavy (non-hydrogen) atoms. The second kappa shape index (κ2) is 6.20. The average Bonchev–Trinajstić information content (AvgIpc) is 2.87. The summed E-state index contributed by atoms with van der Waals surface area (Å²) < 4.78 is 0. The van der Waals surface area contributed by atoms with Crippen LogP contribution in [0.2, 0.25) is 0 Å². The Hall–Kier alpha value is -1.65. The zero-order valence-electron chi connectivity index (χ0n) is 12.7. The topological polar surface area (TPSA) is 52.2 Å². The molecule has 0 unspecified atom stereocenters. The summed E-state index contributed by atoms with van der Waals surface area (Å²) in [5.74, 6) is 0. The number of H-pyrrole nitrogens is 1. The summed E-state index contributed by atoms with van der Waals surface area (Å²) in [6.45, 7) is 8.11. The molecule has 108 valence electrons. The van der Waals surface area contributed by atoms with E-state index in [1.807, 2.05) is 6.07 Å². The molecular weight excluding hydrogens is 250 g/mol. The minimum Gasteiger partial charge on any atom is -0.392 e. The maximum atomic E-state index is 9.53. The van der Waals surface area contributed by atoms with E-state index in [1.54, 1.807) is 6.20 Å². The third-order valence-corrected chi connectivity index (χ3v) is 3.88. The van der Waals surface area contributed by atoms with Gasteiger partial charge >= 0.3 is 0 Å². The van der Waals surface area contributed by atoms with Crippen LogP contribution in [-0.2, 0) is 19.7 Å². The molecule has 2 N–H and O–H groups in total. The number of aromatic nitrogens is 2. The molecule has 0 bridgehead atoms. The lowest BCUT2D eigenvalue weighted by atomic mass is 9.93. The molecule has 4 heteroatoms. The molecule has 0 fully saturated rings. The molecule has 0 aliphatic rings. The molecule has 0 aliphatic carbocycles. The summed E-state index contributed by atoms with van der Waals surface area (Å²) in [4.78, 5) is 2.25. The van der Waals surface area contributed by atoms with Gasteiger partial charge < -0.3 is 5.11 Å². The molecule has 0 radical (unpaired) electrons. The maximum absolute atomic E-state index is 9.53. The van der Waals surface area contributed by atoms with Crippen molar-refractivity contribution in [3.63, 3.8) is 0 Å². The van der Waals surface area contributed by atoms with Crippen LogP contribution in [0.15, 0.2) is 18.3 Å². The first-order valence-corrected chi connectivity index (χ1v) is 6.89. The quantitative estimate of drug-likeness (QED) is 0.880. The van der Waals surface area contributed by atoms with Crippen molar-refractivity contribution in [3.05, 3.63) is 51.8 Å². The van der Waals surface area contributed by atoms with Crippen LogP contribution in [0, 0.1) is 20.8 Å². The SMILES string of the molecule is Cc1cc(C)c(CN(C)Cc2ccn[nH]2)c(C)c1CO. The summed E-state index contributed by atoms with van der Waals surface area (Å²) in [6, 6.07) is 4.16. The fourth-order valence-corrected chi connectivity index (χ4v) is 2.75. The van der Waals surface area contributed by atoms with Crippen molar-refractivity contribution in [2.45, 2.75) is 40.5 Å². The summed E-state index contributed by atoms with van der Waals surface area (Å²) in [6.07, 6.45) is 1.77. The predicted octanol–water partition coefficient (Wildman–Crippen LogP) is 2.46. The van der Waals surface area contributed by atoms with Crippen molar-refractivity contribution >= 4 is 0 Å². The van der Waals surface area contributed by atoms with Crippen molar-refractivity contribution in [2.24, 2.45) is 0 Å². The Balaban J connectivity index is 2.20. The Kier molecular flexibility index (Phi) is 4.57. The fraction of sp³-hybridized carbons (Fsp3) is 0.438. The van der Waals surface area contributed by atoms with Crippen LogP contribution in [0.5, 0.6) is 0 Å². The Morgan fingerprint density at radius 1 is 1.15 bits per heavy atom. The molecule has 1 aromatic heterocycles. The summed E-state index contributed by atoms with van der Waals surface area (Å²) in [5, 5.41) is 16.5. The van der Waals surface area contributed by atoms with Crippen LogP contribution < -0.4 is 0 Å². The second-order valence-electron chi connectivity index (χ2n) is 5.50. The number of aliphatic hydroxyl groups is 1. The minimum absolute atomic E-state index is 0.106. The number of aromatic amines is 1. The highest BCUT2D eigenvalue weighted by atomic mass is 16.3. The van der Waals surface area contributed by atoms with Gasteiger partial charge in [-0.25, -0.2) is 0 Å². The highest BCUT2D eigenvalue weighted by Crippen LogP contribution is 2.23. The first-order valence-electron chi connectivity index (χ1n) is 6.89. The smallest absolute Gasteiger partial charge is 0.0687 e. The molecule has 1 heterocycles. The second-order valence-corrected chi connectivity index (χ2v) is 5.50. The molecule has 0 spiro atoms. The van der Waals surface area contributed by atoms with E-state index in [1.165, 1.54) is 22.3 Å². The standard InChI is InChI=1S/C16H23N3O/c1-11-7-12(2)16(10-20)13(3)15(11)9-19(4)8-14-5-6-17-18-14/h5-7,20H,8-10H2,1-4H3,(H,17,18). The lowest BCUT2D eigenvalue weighted by Crippen LogP contribution is -2.19. The van der Waals surface area contributed by atoms with Crippen LogP contribution in [0.3, 0.4) is 0 Å². The largest absolute Gasteiger partial charge is 0.392 e. The van der Waals surface area contributed by atoms with Gasteiger partial charge in [-0.2, -0.15) is 5.10 Å². The molecule has 4 nitrogen and oxygen atoms in total. The summed E-state index contributed by atoms with van der Waals surface area (Å²) in [5.41, 5.74) is 7.14. The number of rotatable bonds is 5. The number of benzene rings is 1. The lowest BCUT2D eigenvalue weighted by molar-refractivity contribution is 0.279. The Morgan fingerprint density at radius 3 is 2.45 bits per heavy atom. The maximum Gasteiger partial charge on any atom is 0.0687 e. The van der Waals surface area contributed by atoms with E-state index < -0.39 is 0 Å². The Labute approximate surface area is 120 Å². The minimum atomic E-state index is 0.106. The number of nitrogens with one attached hydrogen (secondary N) is 1. The fourth-order valence-electron chi connectivity index (χ4n) is 2.75. The Bertz CT molecular complexity index is 576. The number of aliphatic hydroxyl groups excluding tert-OH is 1. The van der Waals surface area contributed by atoms with Crippen molar-refractivity contribution in [2.75, 3.05) is 7.05 Å². The first kappa shape index (κ1) is 14.8. The van der Waals surface area contributed by atoms with E-state index in [2.05, 4.69) is 49.0 Å². The van der Waals surface area contributed by atoms with Crippen molar-refractivity contribution in [3.8, 4) is 0 Å². The van der Waals surface area contributed by atoms with Crippen LogP contribution in [-0.4, -0.2) is 27.3 Å². The number of nitrogens with zero attached hydrogens (tertiary/aromatic N) is 2. The monoisotopic (exact) mass is 273 g/mol. The molecule has 0 amide bonds. The van der Waals surface area contributed by atoms with E-state index in [0.717, 1.165) is 24.3 Å². The highest BCUT2D eigenvalue weighted by molar-refractivity contribution is 5.44. The third kappa shape index (κ3) is 3.08. The molecule has 1 aromatic carbocycles. The molecule has 0 saturated carbocycles. The zero-order valence-corrected chi connectivity index (χ0v) is 12.7. The van der Waals surface area contributed by atoms with Gasteiger partial charge in [0.25, 0.3) is 0 Å². The highest BCUT2D eigenvalue weighted by Gasteiger charge is 2.12. The molecule has 0 atom stereocenters. The van der Waals surface area contributed by atoms with E-state index in [4.69, 9.17) is 0 Å². The number of hydrogen-bond acceptors (Lipinski definition) is 3. The van der Waals surface area contributed by atoms with Gasteiger partial charge in [-0.1, -0.05) is 6.07 Å². The third-order valence-electron chi connectivity index (χ3n) is 3.88. The van der Waals surface area contributed by atoms with Gasteiger partial charge in [-0.15, -0.1) is 0 Å². The number of aryl methyl sites for hydroxylation is 2. The average molecular weight is 273 g/mol. The van der Waals surface area contributed by atoms with E-state index in [9.17, 15) is 5.11 Å². The van der Waals surface area contributed by atoms with Gasteiger partial charge in [0.1, 0.15) is 0 Å². The van der Waals surface area contributed by atoms with Gasteiger partial charge in [-0.3, -0.25) is 10.00 Å². The number of hydrogen-bond donors (Lipinski definition) is 2. The van der Waals surface area contributed by atoms with Crippen LogP contribution in [0.25, 0.3) is 0 Å². The summed E-state index contributed by atoms with van der Waals surface area (Å²) in [7, 11) is 2.10. The summed E-state index contributed by atoms with van der Waals surface area (Å²) >= 11 is 0.